The maximum Gasteiger partial charge on any atom is 0.225 e. The van der Waals surface area contributed by atoms with Crippen LogP contribution in [0, 0.1) is 0 Å². The van der Waals surface area contributed by atoms with Gasteiger partial charge in [-0.05, 0) is 24.3 Å². The molecule has 0 aromatic carbocycles. The molecule has 288 valence electrons. The molecule has 20 nitrogen and oxygen atoms in total. The quantitative estimate of drug-likeness (QED) is 0.105. The van der Waals surface area contributed by atoms with Crippen LogP contribution in [0.5, 0.6) is 0 Å². The van der Waals surface area contributed by atoms with Crippen molar-refractivity contribution in [2.45, 2.75) is 106 Å². The highest BCUT2D eigenvalue weighted by molar-refractivity contribution is 5.92. The number of rotatable bonds is 11. The van der Waals surface area contributed by atoms with E-state index < -0.39 is 124 Å². The zero-order valence-electron chi connectivity index (χ0n) is 28.1. The van der Waals surface area contributed by atoms with Gasteiger partial charge in [0.25, 0.3) is 0 Å². The van der Waals surface area contributed by atoms with Gasteiger partial charge in [-0.3, -0.25) is 19.4 Å². The Labute approximate surface area is 296 Å². The standard InChI is InChI=1S/C32H44N4O16/c1-14(40)35(19-7-3-5-9-33-19)21-26(45)28(18(13-39)48-30(21)47)51-32-27(46)29(24(43)17(12-38)50-32)52-31-22(25(44)23(42)16(11-37)49-31)36(15(2)41)20-8-4-6-10-34-20/h3-10,16-18,21-32,37-39,42-47H,11-13H2,1-2H3/t16-,17-,18-,21-,22-,23-,24+,25-,26-,27-,28-,29+,30-,31+,32+/m1/s1. The molecule has 0 saturated carbocycles. The van der Waals surface area contributed by atoms with Gasteiger partial charge in [-0.1, -0.05) is 12.1 Å². The van der Waals surface area contributed by atoms with Crippen LogP contribution in [0.25, 0.3) is 0 Å². The van der Waals surface area contributed by atoms with Gasteiger partial charge in [-0.25, -0.2) is 9.97 Å². The van der Waals surface area contributed by atoms with E-state index in [2.05, 4.69) is 9.97 Å². The predicted molar refractivity (Wildman–Crippen MR) is 172 cm³/mol. The first-order chi connectivity index (χ1) is 24.8. The molecule has 9 N–H and O–H groups in total. The summed E-state index contributed by atoms with van der Waals surface area (Å²) >= 11 is 0. The maximum absolute atomic E-state index is 13.0. The Morgan fingerprint density at radius 2 is 1.12 bits per heavy atom. The molecule has 0 unspecified atom stereocenters. The van der Waals surface area contributed by atoms with Crippen LogP contribution in [0.1, 0.15) is 13.8 Å². The van der Waals surface area contributed by atoms with Crippen molar-refractivity contribution in [1.29, 1.82) is 0 Å². The molecule has 3 aliphatic heterocycles. The number of ether oxygens (including phenoxy) is 5. The molecule has 3 fully saturated rings. The molecule has 52 heavy (non-hydrogen) atoms. The lowest BCUT2D eigenvalue weighted by molar-refractivity contribution is -0.366. The largest absolute Gasteiger partial charge is 0.394 e. The van der Waals surface area contributed by atoms with Crippen molar-refractivity contribution < 1.29 is 79.2 Å². The lowest BCUT2D eigenvalue weighted by atomic mass is 9.93. The van der Waals surface area contributed by atoms with Crippen LogP contribution in [0.2, 0.25) is 0 Å². The van der Waals surface area contributed by atoms with Gasteiger partial charge in [0.1, 0.15) is 84.8 Å². The Morgan fingerprint density at radius 1 is 0.615 bits per heavy atom. The molecule has 3 saturated heterocycles. The van der Waals surface area contributed by atoms with E-state index in [0.717, 1.165) is 23.6 Å². The molecule has 0 aliphatic carbocycles. The van der Waals surface area contributed by atoms with Crippen LogP contribution < -0.4 is 9.80 Å². The highest BCUT2D eigenvalue weighted by Crippen LogP contribution is 2.35. The first-order valence-electron chi connectivity index (χ1n) is 16.4. The van der Waals surface area contributed by atoms with E-state index >= 15 is 0 Å². The number of aliphatic hydroxyl groups excluding tert-OH is 9. The fourth-order valence-corrected chi connectivity index (χ4v) is 6.65. The van der Waals surface area contributed by atoms with E-state index in [9.17, 15) is 55.5 Å². The molecular formula is C32H44N4O16. The van der Waals surface area contributed by atoms with E-state index in [-0.39, 0.29) is 11.6 Å². The molecule has 15 atom stereocenters. The van der Waals surface area contributed by atoms with Crippen molar-refractivity contribution in [1.82, 2.24) is 9.97 Å². The second-order valence-corrected chi connectivity index (χ2v) is 12.5. The lowest BCUT2D eigenvalue weighted by Gasteiger charge is -2.50. The molecule has 5 heterocycles. The van der Waals surface area contributed by atoms with Gasteiger partial charge in [-0.2, -0.15) is 0 Å². The van der Waals surface area contributed by atoms with Crippen molar-refractivity contribution in [3.05, 3.63) is 48.8 Å². The SMILES string of the molecule is CC(=O)N(c1ccccn1)[C@@H]1[C@@H](O)[C@H](O[C@@H]2O[C@H](CO)[C@H](O)[C@H](O[C@@H]3O[C@H](CO)[C@@H](O)[C@H](O)[C@H]3N(C(C)=O)c3ccccn3)[C@H]2O)[C@@H](CO)O[C@H]1O. The number of hydrogen-bond donors (Lipinski definition) is 9. The summed E-state index contributed by atoms with van der Waals surface area (Å²) < 4.78 is 28.9. The fraction of sp³-hybridized carbons (Fsp3) is 0.625. The van der Waals surface area contributed by atoms with Crippen LogP contribution >= 0.6 is 0 Å². The summed E-state index contributed by atoms with van der Waals surface area (Å²) in [6, 6.07) is 5.99. The number of hydrogen-bond acceptors (Lipinski definition) is 18. The van der Waals surface area contributed by atoms with Gasteiger partial charge >= 0.3 is 0 Å². The number of anilines is 2. The average molecular weight is 741 g/mol. The van der Waals surface area contributed by atoms with Gasteiger partial charge in [-0.15, -0.1) is 0 Å². The molecular weight excluding hydrogens is 696 g/mol. The first-order valence-corrected chi connectivity index (χ1v) is 16.4. The van der Waals surface area contributed by atoms with E-state index in [1.165, 1.54) is 24.5 Å². The minimum atomic E-state index is -2.02. The number of carbonyl (C=O) groups is 2. The molecule has 0 spiro atoms. The minimum absolute atomic E-state index is 0.0109. The van der Waals surface area contributed by atoms with Crippen molar-refractivity contribution in [3.63, 3.8) is 0 Å². The van der Waals surface area contributed by atoms with Gasteiger partial charge in [0, 0.05) is 26.2 Å². The van der Waals surface area contributed by atoms with Gasteiger partial charge in [0.15, 0.2) is 18.9 Å². The van der Waals surface area contributed by atoms with Crippen molar-refractivity contribution >= 4 is 23.5 Å². The number of aliphatic hydroxyl groups is 9. The van der Waals surface area contributed by atoms with Crippen LogP contribution in [0.4, 0.5) is 11.6 Å². The maximum atomic E-state index is 13.0. The number of amides is 2. The molecule has 2 aromatic rings. The number of pyridine rings is 2. The lowest BCUT2D eigenvalue weighted by Crippen LogP contribution is -2.70. The highest BCUT2D eigenvalue weighted by Gasteiger charge is 2.56. The third kappa shape index (κ3) is 7.95. The molecule has 2 amide bonds. The Balaban J connectivity index is 1.46. The summed E-state index contributed by atoms with van der Waals surface area (Å²) in [5, 5.41) is 97.3. The third-order valence-corrected chi connectivity index (χ3v) is 9.16. The fourth-order valence-electron chi connectivity index (χ4n) is 6.65. The molecule has 0 bridgehead atoms. The molecule has 3 aliphatic rings. The van der Waals surface area contributed by atoms with Crippen molar-refractivity contribution in [2.24, 2.45) is 0 Å². The van der Waals surface area contributed by atoms with E-state index in [4.69, 9.17) is 23.7 Å². The number of aromatic nitrogens is 2. The number of carbonyl (C=O) groups excluding carboxylic acids is 2. The molecule has 5 rings (SSSR count). The normalized spacial score (nSPS) is 38.0. The number of nitrogens with zero attached hydrogens (tertiary/aromatic N) is 4. The van der Waals surface area contributed by atoms with Crippen LogP contribution in [0.15, 0.2) is 48.8 Å². The van der Waals surface area contributed by atoms with Crippen molar-refractivity contribution in [2.75, 3.05) is 29.6 Å². The van der Waals surface area contributed by atoms with E-state index in [1.54, 1.807) is 24.3 Å². The Kier molecular flexibility index (Phi) is 13.2. The van der Waals surface area contributed by atoms with E-state index in [1.807, 2.05) is 0 Å². The smallest absolute Gasteiger partial charge is 0.225 e. The average Bonchev–Trinajstić information content (AvgIpc) is 3.13. The highest BCUT2D eigenvalue weighted by atomic mass is 16.7. The Morgan fingerprint density at radius 3 is 1.62 bits per heavy atom. The first kappa shape index (κ1) is 39.9. The molecule has 2 aromatic heterocycles. The van der Waals surface area contributed by atoms with E-state index in [0.29, 0.717) is 0 Å². The van der Waals surface area contributed by atoms with Gasteiger partial charge in [0.05, 0.1) is 19.8 Å². The van der Waals surface area contributed by atoms with Crippen LogP contribution in [-0.4, -0.2) is 180 Å². The van der Waals surface area contributed by atoms with Gasteiger partial charge < -0.3 is 69.6 Å². The monoisotopic (exact) mass is 740 g/mol. The topological polar surface area (TPSA) is 295 Å². The second-order valence-electron chi connectivity index (χ2n) is 12.5. The Hall–Kier alpha value is -3.32. The zero-order chi connectivity index (χ0) is 37.9. The summed E-state index contributed by atoms with van der Waals surface area (Å²) in [5.74, 6) is -1.29. The Bertz CT molecular complexity index is 1470. The summed E-state index contributed by atoms with van der Waals surface area (Å²) in [6.45, 7) is -0.220. The summed E-state index contributed by atoms with van der Waals surface area (Å²) in [7, 11) is 0. The van der Waals surface area contributed by atoms with Crippen LogP contribution in [-0.2, 0) is 33.3 Å². The summed E-state index contributed by atoms with van der Waals surface area (Å²) in [5.41, 5.74) is 0. The summed E-state index contributed by atoms with van der Waals surface area (Å²) in [6.07, 6.45) is -20.0. The minimum Gasteiger partial charge on any atom is -0.394 e. The third-order valence-electron chi connectivity index (χ3n) is 9.16. The predicted octanol–water partition coefficient (Wildman–Crippen LogP) is -4.66. The molecule has 20 heteroatoms. The van der Waals surface area contributed by atoms with Crippen LogP contribution in [0.3, 0.4) is 0 Å². The summed E-state index contributed by atoms with van der Waals surface area (Å²) in [4.78, 5) is 35.9. The second kappa shape index (κ2) is 17.2. The molecule has 0 radical (unpaired) electrons. The van der Waals surface area contributed by atoms with Gasteiger partial charge in [0.2, 0.25) is 11.8 Å². The zero-order valence-corrected chi connectivity index (χ0v) is 28.1. The van der Waals surface area contributed by atoms with Crippen molar-refractivity contribution in [3.8, 4) is 0 Å².